The highest BCUT2D eigenvalue weighted by atomic mass is 16.6. The molecular weight excluding hydrogens is 222 g/mol. The summed E-state index contributed by atoms with van der Waals surface area (Å²) in [7, 11) is 0. The van der Waals surface area contributed by atoms with Gasteiger partial charge in [-0.15, -0.1) is 0 Å². The molecule has 0 saturated carbocycles. The molecule has 1 aromatic rings. The molecule has 6 nitrogen and oxygen atoms in total. The van der Waals surface area contributed by atoms with E-state index in [1.54, 1.807) is 12.1 Å². The molecule has 1 rings (SSSR count). The molecule has 0 aliphatic heterocycles. The van der Waals surface area contributed by atoms with Crippen molar-refractivity contribution in [1.82, 2.24) is 0 Å². The number of hydrogen-bond donors (Lipinski definition) is 3. The fourth-order valence-corrected chi connectivity index (χ4v) is 1.62. The van der Waals surface area contributed by atoms with E-state index in [0.717, 1.165) is 6.42 Å². The highest BCUT2D eigenvalue weighted by Gasteiger charge is 2.18. The summed E-state index contributed by atoms with van der Waals surface area (Å²) in [5, 5.41) is 22.6. The largest absolute Gasteiger partial charge is 0.396 e. The average molecular weight is 239 g/mol. The van der Waals surface area contributed by atoms with Crippen molar-refractivity contribution in [2.24, 2.45) is 0 Å². The monoisotopic (exact) mass is 239 g/mol. The van der Waals surface area contributed by atoms with Crippen LogP contribution < -0.4 is 11.1 Å². The van der Waals surface area contributed by atoms with Gasteiger partial charge in [0.2, 0.25) is 0 Å². The van der Waals surface area contributed by atoms with E-state index in [1.165, 1.54) is 6.07 Å². The van der Waals surface area contributed by atoms with E-state index >= 15 is 0 Å². The number of benzene rings is 1. The summed E-state index contributed by atoms with van der Waals surface area (Å²) in [6.45, 7) is 2.02. The maximum Gasteiger partial charge on any atom is 0.314 e. The third kappa shape index (κ3) is 3.60. The molecule has 17 heavy (non-hydrogen) atoms. The average Bonchev–Trinajstić information content (AvgIpc) is 2.25. The minimum atomic E-state index is -0.490. The van der Waals surface area contributed by atoms with Crippen molar-refractivity contribution in [2.45, 2.75) is 25.8 Å². The molecule has 0 bridgehead atoms. The summed E-state index contributed by atoms with van der Waals surface area (Å²) in [5.41, 5.74) is 6.05. The van der Waals surface area contributed by atoms with Gasteiger partial charge in [0, 0.05) is 12.6 Å². The predicted molar refractivity (Wildman–Crippen MR) is 66.9 cm³/mol. The number of nitrogens with one attached hydrogen (secondary N) is 1. The first-order chi connectivity index (χ1) is 8.06. The molecule has 1 atom stereocenters. The Bertz CT molecular complexity index is 396. The topological polar surface area (TPSA) is 101 Å². The lowest BCUT2D eigenvalue weighted by molar-refractivity contribution is -0.383. The third-order valence-electron chi connectivity index (χ3n) is 2.45. The summed E-state index contributed by atoms with van der Waals surface area (Å²) < 4.78 is 0. The van der Waals surface area contributed by atoms with E-state index in [0.29, 0.717) is 12.1 Å². The number of para-hydroxylation sites is 1. The summed E-state index contributed by atoms with van der Waals surface area (Å²) in [5.74, 6) is 0. The molecule has 0 spiro atoms. The minimum Gasteiger partial charge on any atom is -0.396 e. The molecule has 0 radical (unpaired) electrons. The first kappa shape index (κ1) is 13.2. The van der Waals surface area contributed by atoms with Gasteiger partial charge in [-0.3, -0.25) is 10.1 Å². The number of aliphatic hydroxyl groups is 1. The predicted octanol–water partition coefficient (Wildman–Crippen LogP) is 1.75. The van der Waals surface area contributed by atoms with Gasteiger partial charge in [-0.25, -0.2) is 0 Å². The zero-order valence-electron chi connectivity index (χ0n) is 9.72. The standard InChI is InChI=1S/C11H17N3O3/c1-8(4-3-7-15)13-10-6-2-5-9(12)11(10)14(16)17/h2,5-6,8,13,15H,3-4,7,12H2,1H3. The van der Waals surface area contributed by atoms with Gasteiger partial charge in [0.1, 0.15) is 11.4 Å². The minimum absolute atomic E-state index is 0.0441. The molecule has 0 heterocycles. The molecule has 1 aromatic carbocycles. The number of anilines is 2. The molecule has 4 N–H and O–H groups in total. The van der Waals surface area contributed by atoms with Crippen LogP contribution in [0, 0.1) is 10.1 Å². The van der Waals surface area contributed by atoms with Crippen LogP contribution in [0.1, 0.15) is 19.8 Å². The molecule has 0 aromatic heterocycles. The van der Waals surface area contributed by atoms with Gasteiger partial charge >= 0.3 is 5.69 Å². The van der Waals surface area contributed by atoms with Crippen molar-refractivity contribution < 1.29 is 10.0 Å². The Morgan fingerprint density at radius 1 is 1.59 bits per heavy atom. The molecule has 1 unspecified atom stereocenters. The van der Waals surface area contributed by atoms with Crippen LogP contribution in [0.4, 0.5) is 17.1 Å². The Kier molecular flexibility index (Phi) is 4.71. The number of nitrogens with two attached hydrogens (primary N) is 1. The lowest BCUT2D eigenvalue weighted by Crippen LogP contribution is -2.16. The SMILES string of the molecule is CC(CCCO)Nc1cccc(N)c1[N+](=O)[O-]. The van der Waals surface area contributed by atoms with E-state index in [2.05, 4.69) is 5.32 Å². The van der Waals surface area contributed by atoms with Crippen LogP contribution in [0.25, 0.3) is 0 Å². The number of nitro benzene ring substituents is 1. The zero-order chi connectivity index (χ0) is 12.8. The van der Waals surface area contributed by atoms with Gasteiger partial charge in [0.15, 0.2) is 0 Å². The lowest BCUT2D eigenvalue weighted by atomic mass is 10.1. The lowest BCUT2D eigenvalue weighted by Gasteiger charge is -2.15. The Hall–Kier alpha value is -1.82. The Labute approximate surface area is 99.6 Å². The molecule has 94 valence electrons. The molecule has 0 aliphatic rings. The van der Waals surface area contributed by atoms with E-state index in [1.807, 2.05) is 6.92 Å². The Morgan fingerprint density at radius 3 is 2.88 bits per heavy atom. The van der Waals surface area contributed by atoms with Crippen LogP contribution >= 0.6 is 0 Å². The maximum absolute atomic E-state index is 10.9. The summed E-state index contributed by atoms with van der Waals surface area (Å²) in [6.07, 6.45) is 1.40. The second kappa shape index (κ2) is 6.05. The fourth-order valence-electron chi connectivity index (χ4n) is 1.62. The molecule has 6 heteroatoms. The summed E-state index contributed by atoms with van der Waals surface area (Å²) in [4.78, 5) is 10.4. The molecule has 0 amide bonds. The van der Waals surface area contributed by atoms with E-state index in [-0.39, 0.29) is 24.0 Å². The third-order valence-corrected chi connectivity index (χ3v) is 2.45. The molecule has 0 saturated heterocycles. The molecule has 0 fully saturated rings. The fraction of sp³-hybridized carbons (Fsp3) is 0.455. The zero-order valence-corrected chi connectivity index (χ0v) is 9.72. The molecular formula is C11H17N3O3. The highest BCUT2D eigenvalue weighted by Crippen LogP contribution is 2.31. The number of rotatable bonds is 6. The van der Waals surface area contributed by atoms with Crippen molar-refractivity contribution in [3.8, 4) is 0 Å². The van der Waals surface area contributed by atoms with Crippen molar-refractivity contribution in [1.29, 1.82) is 0 Å². The van der Waals surface area contributed by atoms with Crippen LogP contribution in [0.5, 0.6) is 0 Å². The molecule has 0 aliphatic carbocycles. The number of hydrogen-bond acceptors (Lipinski definition) is 5. The quantitative estimate of drug-likeness (QED) is 0.399. The van der Waals surface area contributed by atoms with Crippen LogP contribution in [0.2, 0.25) is 0 Å². The summed E-state index contributed by atoms with van der Waals surface area (Å²) >= 11 is 0. The highest BCUT2D eigenvalue weighted by molar-refractivity contribution is 5.74. The van der Waals surface area contributed by atoms with Crippen molar-refractivity contribution in [3.05, 3.63) is 28.3 Å². The van der Waals surface area contributed by atoms with Gasteiger partial charge in [0.25, 0.3) is 0 Å². The smallest absolute Gasteiger partial charge is 0.314 e. The Morgan fingerprint density at radius 2 is 2.29 bits per heavy atom. The van der Waals surface area contributed by atoms with Crippen LogP contribution in [0.15, 0.2) is 18.2 Å². The van der Waals surface area contributed by atoms with E-state index < -0.39 is 4.92 Å². The van der Waals surface area contributed by atoms with Crippen molar-refractivity contribution in [3.63, 3.8) is 0 Å². The number of nitrogens with zero attached hydrogens (tertiary/aromatic N) is 1. The Balaban J connectivity index is 2.83. The van der Waals surface area contributed by atoms with Gasteiger partial charge in [0.05, 0.1) is 4.92 Å². The first-order valence-corrected chi connectivity index (χ1v) is 5.46. The summed E-state index contributed by atoms with van der Waals surface area (Å²) in [6, 6.07) is 4.84. The van der Waals surface area contributed by atoms with E-state index in [9.17, 15) is 10.1 Å². The normalized spacial score (nSPS) is 12.1. The number of nitrogen functional groups attached to an aromatic ring is 1. The van der Waals surface area contributed by atoms with Gasteiger partial charge in [-0.2, -0.15) is 0 Å². The van der Waals surface area contributed by atoms with Crippen molar-refractivity contribution in [2.75, 3.05) is 17.7 Å². The second-order valence-electron chi connectivity index (χ2n) is 3.91. The number of aliphatic hydroxyl groups excluding tert-OH is 1. The van der Waals surface area contributed by atoms with Gasteiger partial charge in [-0.05, 0) is 31.9 Å². The second-order valence-corrected chi connectivity index (χ2v) is 3.91. The van der Waals surface area contributed by atoms with Crippen molar-refractivity contribution >= 4 is 17.1 Å². The van der Waals surface area contributed by atoms with E-state index in [4.69, 9.17) is 10.8 Å². The number of nitro groups is 1. The van der Waals surface area contributed by atoms with Crippen LogP contribution in [-0.4, -0.2) is 22.7 Å². The maximum atomic E-state index is 10.9. The van der Waals surface area contributed by atoms with Gasteiger partial charge < -0.3 is 16.2 Å². The van der Waals surface area contributed by atoms with Gasteiger partial charge in [-0.1, -0.05) is 6.07 Å². The van der Waals surface area contributed by atoms with Crippen LogP contribution in [0.3, 0.4) is 0 Å². The first-order valence-electron chi connectivity index (χ1n) is 5.46. The van der Waals surface area contributed by atoms with Crippen LogP contribution in [-0.2, 0) is 0 Å².